The van der Waals surface area contributed by atoms with E-state index in [9.17, 15) is 20.2 Å². The molecule has 0 aliphatic rings. The van der Waals surface area contributed by atoms with E-state index in [1.165, 1.54) is 120 Å². The molecule has 0 aromatic heterocycles. The third-order valence-electron chi connectivity index (χ3n) is 8.60. The van der Waals surface area contributed by atoms with Crippen LogP contribution in [0.25, 0.3) is 0 Å². The van der Waals surface area contributed by atoms with Crippen LogP contribution in [0.5, 0.6) is 0 Å². The minimum atomic E-state index is -4.73. The first-order valence-corrected chi connectivity index (χ1v) is 22.7. The summed E-state index contributed by atoms with van der Waals surface area (Å²) in [7, 11) is -9.03. The van der Waals surface area contributed by atoms with Crippen LogP contribution in [-0.4, -0.2) is 16.8 Å². The number of hydrogen-bond donors (Lipinski definition) is 1. The number of anilines is 1. The molecule has 266 valence electrons. The van der Waals surface area contributed by atoms with Crippen molar-refractivity contribution in [3.63, 3.8) is 0 Å². The molecular formula is C36H59NO7S2Ti. The normalized spacial score (nSPS) is 12.0. The van der Waals surface area contributed by atoms with Gasteiger partial charge in [0.25, 0.3) is 0 Å². The van der Waals surface area contributed by atoms with E-state index in [1.54, 1.807) is 6.07 Å². The van der Waals surface area contributed by atoms with Gasteiger partial charge in [0.15, 0.2) is 0 Å². The van der Waals surface area contributed by atoms with Crippen LogP contribution >= 0.6 is 0 Å². The van der Waals surface area contributed by atoms with E-state index in [4.69, 9.17) is 11.3 Å². The van der Waals surface area contributed by atoms with Gasteiger partial charge in [0, 0.05) is 0 Å². The molecule has 0 amide bonds. The molecule has 2 N–H and O–H groups in total. The summed E-state index contributed by atoms with van der Waals surface area (Å²) < 4.78 is 74.5. The van der Waals surface area contributed by atoms with E-state index >= 15 is 0 Å². The van der Waals surface area contributed by atoms with Crippen LogP contribution < -0.4 is 5.73 Å². The van der Waals surface area contributed by atoms with Gasteiger partial charge in [-0.05, 0) is 0 Å². The molecule has 0 saturated heterocycles. The van der Waals surface area contributed by atoms with Gasteiger partial charge in [0.1, 0.15) is 0 Å². The molecule has 2 aromatic rings. The summed E-state index contributed by atoms with van der Waals surface area (Å²) >= 11 is -4.73. The average molecular weight is 730 g/mol. The van der Waals surface area contributed by atoms with Gasteiger partial charge in [-0.25, -0.2) is 0 Å². The van der Waals surface area contributed by atoms with E-state index in [2.05, 4.69) is 13.8 Å². The standard InChI is InChI=1S/C30H54O3S.C6H7NO3S.O.Ti/c1-3-5-7-9-11-13-15-17-19-21-24-28-25-23-27-30(34(31,32)33)29(28)26-22-20-18-16-14-12-10-8-6-4-2;7-5-1-3-6(4-2-5)11(8,9)10;;/h23,25,27H,3-22,24,26H2,1-2H3,(H,31,32,33);1-4H,7H2,(H,8,9,10);;/q;;;+2/p-2. The summed E-state index contributed by atoms with van der Waals surface area (Å²) in [6, 6.07) is 10.2. The van der Waals surface area contributed by atoms with E-state index in [1.807, 2.05) is 6.07 Å². The quantitative estimate of drug-likeness (QED) is 0.0520. The average Bonchev–Trinajstić information content (AvgIpc) is 3.02. The van der Waals surface area contributed by atoms with E-state index < -0.39 is 38.9 Å². The van der Waals surface area contributed by atoms with Crippen LogP contribution in [0.1, 0.15) is 153 Å². The molecule has 0 heterocycles. The van der Waals surface area contributed by atoms with Gasteiger partial charge in [-0.15, -0.1) is 0 Å². The number of benzene rings is 2. The predicted octanol–water partition coefficient (Wildman–Crippen LogP) is 10.1. The SMILES string of the molecule is CCCCCCCCCCCCc1cccc(S(=O)(=O)[O][Ti](=[O])[O]S(=O)(=O)c2ccc(N)cc2)c1CCCCCCCCCCCC. The Kier molecular flexibility index (Phi) is 21.2. The Hall–Kier alpha value is -1.43. The second-order valence-electron chi connectivity index (χ2n) is 12.7. The Bertz CT molecular complexity index is 1380. The number of nitrogens with two attached hydrogens (primary N) is 1. The van der Waals surface area contributed by atoms with Crippen molar-refractivity contribution in [2.75, 3.05) is 5.73 Å². The number of hydrogen-bond acceptors (Lipinski definition) is 8. The zero-order valence-corrected chi connectivity index (χ0v) is 32.0. The number of nitrogen functional groups attached to an aromatic ring is 1. The van der Waals surface area contributed by atoms with Crippen LogP contribution in [0.2, 0.25) is 0 Å². The first-order valence-electron chi connectivity index (χ1n) is 18.0. The van der Waals surface area contributed by atoms with Crippen LogP contribution in [0.4, 0.5) is 5.69 Å². The molecule has 2 aromatic carbocycles. The minimum absolute atomic E-state index is 0.0488. The van der Waals surface area contributed by atoms with Crippen LogP contribution in [0.15, 0.2) is 52.3 Å². The summed E-state index contributed by atoms with van der Waals surface area (Å²) in [5, 5.41) is 0. The second-order valence-corrected chi connectivity index (χ2v) is 18.1. The van der Waals surface area contributed by atoms with E-state index in [0.29, 0.717) is 17.7 Å². The van der Waals surface area contributed by atoms with Crippen molar-refractivity contribution in [3.8, 4) is 0 Å². The predicted molar refractivity (Wildman–Crippen MR) is 186 cm³/mol. The van der Waals surface area contributed by atoms with Crippen LogP contribution in [-0.2, 0) is 60.5 Å². The van der Waals surface area contributed by atoms with Crippen LogP contribution in [0, 0.1) is 0 Å². The fourth-order valence-corrected chi connectivity index (χ4v) is 10.7. The third kappa shape index (κ3) is 17.2. The molecule has 47 heavy (non-hydrogen) atoms. The smallest absolute Gasteiger partial charge is 0.0654 e. The van der Waals surface area contributed by atoms with Crippen molar-refractivity contribution >= 4 is 25.9 Å². The zero-order chi connectivity index (χ0) is 34.4. The van der Waals surface area contributed by atoms with Crippen molar-refractivity contribution in [1.82, 2.24) is 0 Å². The zero-order valence-electron chi connectivity index (χ0n) is 28.8. The Balaban J connectivity index is 2.04. The van der Waals surface area contributed by atoms with Gasteiger partial charge >= 0.3 is 236 Å². The van der Waals surface area contributed by atoms with Gasteiger partial charge in [-0.1, -0.05) is 58.8 Å². The van der Waals surface area contributed by atoms with Gasteiger partial charge in [0.2, 0.25) is 0 Å². The number of aryl methyl sites for hydroxylation is 1. The maximum atomic E-state index is 13.4. The fourth-order valence-electron chi connectivity index (χ4n) is 5.88. The number of unbranched alkanes of at least 4 members (excludes halogenated alkanes) is 18. The molecule has 0 saturated carbocycles. The molecule has 11 heteroatoms. The molecule has 0 aliphatic heterocycles. The molecule has 0 aliphatic carbocycles. The molecule has 0 atom stereocenters. The van der Waals surface area contributed by atoms with Gasteiger partial charge in [-0.2, -0.15) is 0 Å². The monoisotopic (exact) mass is 729 g/mol. The third-order valence-corrected chi connectivity index (χ3v) is 14.4. The Morgan fingerprint density at radius 2 is 0.979 bits per heavy atom. The summed E-state index contributed by atoms with van der Waals surface area (Å²) in [5.41, 5.74) is 7.59. The Morgan fingerprint density at radius 3 is 1.47 bits per heavy atom. The molecular weight excluding hydrogens is 670 g/mol. The van der Waals surface area contributed by atoms with E-state index in [-0.39, 0.29) is 9.79 Å². The molecule has 0 unspecified atom stereocenters. The maximum absolute atomic E-state index is 13.4. The van der Waals surface area contributed by atoms with Gasteiger partial charge < -0.3 is 0 Å². The van der Waals surface area contributed by atoms with Crippen LogP contribution in [0.3, 0.4) is 0 Å². The molecule has 0 spiro atoms. The van der Waals surface area contributed by atoms with Gasteiger partial charge in [-0.3, -0.25) is 0 Å². The molecule has 8 nitrogen and oxygen atoms in total. The molecule has 0 fully saturated rings. The van der Waals surface area contributed by atoms with Crippen molar-refractivity contribution in [1.29, 1.82) is 0 Å². The van der Waals surface area contributed by atoms with Crippen molar-refractivity contribution in [2.45, 2.75) is 165 Å². The van der Waals surface area contributed by atoms with Crippen molar-refractivity contribution < 1.29 is 44.3 Å². The summed E-state index contributed by atoms with van der Waals surface area (Å²) in [6.45, 7) is 4.45. The van der Waals surface area contributed by atoms with Crippen molar-refractivity contribution in [2.24, 2.45) is 0 Å². The first-order chi connectivity index (χ1) is 22.6. The number of rotatable bonds is 28. The second kappa shape index (κ2) is 23.8. The Morgan fingerprint density at radius 1 is 0.553 bits per heavy atom. The topological polar surface area (TPSA) is 130 Å². The molecule has 0 radical (unpaired) electrons. The summed E-state index contributed by atoms with van der Waals surface area (Å²) in [6.07, 6.45) is 25.2. The fraction of sp³-hybridized carbons (Fsp3) is 0.667. The first kappa shape index (κ1) is 41.7. The Labute approximate surface area is 293 Å². The van der Waals surface area contributed by atoms with Crippen molar-refractivity contribution in [3.05, 3.63) is 53.6 Å². The molecule has 2 rings (SSSR count). The minimum Gasteiger partial charge on any atom is -0.0654 e. The van der Waals surface area contributed by atoms with E-state index in [0.717, 1.165) is 50.5 Å². The van der Waals surface area contributed by atoms with Gasteiger partial charge in [0.05, 0.1) is 0 Å². The molecule has 0 bridgehead atoms. The summed E-state index contributed by atoms with van der Waals surface area (Å²) in [5.74, 6) is 0. The summed E-state index contributed by atoms with van der Waals surface area (Å²) in [4.78, 5) is -0.332.